The highest BCUT2D eigenvalue weighted by Crippen LogP contribution is 2.30. The quantitative estimate of drug-likeness (QED) is 0.805. The molecule has 26 heavy (non-hydrogen) atoms. The van der Waals surface area contributed by atoms with Crippen molar-refractivity contribution in [1.82, 2.24) is 4.90 Å². The first-order valence-electron chi connectivity index (χ1n) is 9.30. The standard InChI is InChI=1S/C19H26N2O4S/c1-15(22)21-12-8-16-14-17(6-7-18(16)21)26(24,25)13-9-19(23)20-10-4-2-3-5-11-20/h6-7,14H,2-5,8-13H2,1H3. The predicted molar refractivity (Wildman–Crippen MR) is 99.9 cm³/mol. The van der Waals surface area contributed by atoms with Crippen LogP contribution in [0.25, 0.3) is 0 Å². The topological polar surface area (TPSA) is 74.8 Å². The summed E-state index contributed by atoms with van der Waals surface area (Å²) in [6.07, 6.45) is 4.94. The summed E-state index contributed by atoms with van der Waals surface area (Å²) >= 11 is 0. The second kappa shape index (κ2) is 7.78. The first-order chi connectivity index (χ1) is 12.4. The number of benzene rings is 1. The number of sulfone groups is 1. The maximum absolute atomic E-state index is 12.7. The normalized spacial score (nSPS) is 17.7. The molecule has 0 saturated carbocycles. The molecule has 2 aliphatic rings. The summed E-state index contributed by atoms with van der Waals surface area (Å²) in [7, 11) is -3.51. The number of hydrogen-bond acceptors (Lipinski definition) is 4. The van der Waals surface area contributed by atoms with Gasteiger partial charge in [-0.1, -0.05) is 12.8 Å². The van der Waals surface area contributed by atoms with Crippen molar-refractivity contribution in [3.63, 3.8) is 0 Å². The highest BCUT2D eigenvalue weighted by atomic mass is 32.2. The highest BCUT2D eigenvalue weighted by molar-refractivity contribution is 7.91. The van der Waals surface area contributed by atoms with Gasteiger partial charge >= 0.3 is 0 Å². The van der Waals surface area contributed by atoms with Crippen molar-refractivity contribution in [2.75, 3.05) is 30.3 Å². The fraction of sp³-hybridized carbons (Fsp3) is 0.579. The first kappa shape index (κ1) is 18.9. The summed E-state index contributed by atoms with van der Waals surface area (Å²) < 4.78 is 25.3. The molecule has 0 unspecified atom stereocenters. The molecule has 0 atom stereocenters. The minimum absolute atomic E-state index is 0.0268. The fourth-order valence-electron chi connectivity index (χ4n) is 3.72. The molecule has 1 aromatic carbocycles. The third kappa shape index (κ3) is 4.09. The van der Waals surface area contributed by atoms with Gasteiger partial charge in [0.25, 0.3) is 0 Å². The number of fused-ring (bicyclic) bond motifs is 1. The maximum Gasteiger partial charge on any atom is 0.223 e. The first-order valence-corrected chi connectivity index (χ1v) is 11.0. The maximum atomic E-state index is 12.7. The van der Waals surface area contributed by atoms with E-state index in [4.69, 9.17) is 0 Å². The van der Waals surface area contributed by atoms with Crippen LogP contribution in [-0.4, -0.2) is 50.5 Å². The summed E-state index contributed by atoms with van der Waals surface area (Å²) in [6.45, 7) is 3.56. The number of carbonyl (C=O) groups is 2. The molecule has 0 aromatic heterocycles. The van der Waals surface area contributed by atoms with Gasteiger partial charge in [0.15, 0.2) is 9.84 Å². The zero-order chi connectivity index (χ0) is 18.7. The van der Waals surface area contributed by atoms with Crippen molar-refractivity contribution in [3.05, 3.63) is 23.8 Å². The van der Waals surface area contributed by atoms with Crippen LogP contribution in [0.15, 0.2) is 23.1 Å². The van der Waals surface area contributed by atoms with Crippen molar-refractivity contribution in [3.8, 4) is 0 Å². The molecule has 7 heteroatoms. The van der Waals surface area contributed by atoms with Gasteiger partial charge in [0.05, 0.1) is 10.6 Å². The Labute approximate surface area is 155 Å². The molecular formula is C19H26N2O4S. The summed E-state index contributed by atoms with van der Waals surface area (Å²) in [5.74, 6) is -0.279. The molecule has 1 fully saturated rings. The van der Waals surface area contributed by atoms with E-state index in [0.717, 1.165) is 50.0 Å². The van der Waals surface area contributed by atoms with Crippen LogP contribution >= 0.6 is 0 Å². The van der Waals surface area contributed by atoms with Crippen LogP contribution in [0.1, 0.15) is 44.6 Å². The van der Waals surface area contributed by atoms with E-state index < -0.39 is 9.84 Å². The minimum Gasteiger partial charge on any atom is -0.343 e. The predicted octanol–water partition coefficient (Wildman–Crippen LogP) is 2.16. The molecular weight excluding hydrogens is 352 g/mol. The molecule has 142 valence electrons. The van der Waals surface area contributed by atoms with Gasteiger partial charge in [-0.25, -0.2) is 8.42 Å². The lowest BCUT2D eigenvalue weighted by Gasteiger charge is -2.20. The van der Waals surface area contributed by atoms with Gasteiger partial charge in [-0.3, -0.25) is 9.59 Å². The molecule has 2 heterocycles. The van der Waals surface area contributed by atoms with E-state index in [1.54, 1.807) is 28.0 Å². The van der Waals surface area contributed by atoms with Gasteiger partial charge in [-0.05, 0) is 43.0 Å². The van der Waals surface area contributed by atoms with Crippen molar-refractivity contribution in [2.24, 2.45) is 0 Å². The number of amides is 2. The molecule has 2 aliphatic heterocycles. The average Bonchev–Trinajstić information content (AvgIpc) is 2.85. The number of anilines is 1. The Balaban J connectivity index is 1.67. The summed E-state index contributed by atoms with van der Waals surface area (Å²) in [5, 5.41) is 0. The summed E-state index contributed by atoms with van der Waals surface area (Å²) in [5.41, 5.74) is 1.66. The van der Waals surface area contributed by atoms with E-state index in [1.165, 1.54) is 6.92 Å². The molecule has 2 amide bonds. The Morgan fingerprint density at radius 3 is 2.38 bits per heavy atom. The molecule has 0 N–H and O–H groups in total. The summed E-state index contributed by atoms with van der Waals surface area (Å²) in [6, 6.07) is 4.91. The van der Waals surface area contributed by atoms with Crippen LogP contribution in [0.2, 0.25) is 0 Å². The lowest BCUT2D eigenvalue weighted by atomic mass is 10.2. The van der Waals surface area contributed by atoms with Crippen LogP contribution in [0, 0.1) is 0 Å². The third-order valence-corrected chi connectivity index (χ3v) is 6.94. The van der Waals surface area contributed by atoms with E-state index in [-0.39, 0.29) is 28.9 Å². The lowest BCUT2D eigenvalue weighted by Crippen LogP contribution is -2.33. The van der Waals surface area contributed by atoms with Gasteiger partial charge in [-0.2, -0.15) is 0 Å². The molecule has 3 rings (SSSR count). The van der Waals surface area contributed by atoms with Crippen molar-refractivity contribution >= 4 is 27.3 Å². The smallest absolute Gasteiger partial charge is 0.223 e. The molecule has 0 radical (unpaired) electrons. The van der Waals surface area contributed by atoms with Crippen molar-refractivity contribution < 1.29 is 18.0 Å². The zero-order valence-corrected chi connectivity index (χ0v) is 16.1. The Bertz CT molecular complexity index is 796. The van der Waals surface area contributed by atoms with E-state index in [0.29, 0.717) is 13.0 Å². The Hall–Kier alpha value is -1.89. The Morgan fingerprint density at radius 1 is 1.04 bits per heavy atom. The van der Waals surface area contributed by atoms with Crippen LogP contribution in [-0.2, 0) is 25.8 Å². The molecule has 0 aliphatic carbocycles. The Morgan fingerprint density at radius 2 is 1.73 bits per heavy atom. The number of likely N-dealkylation sites (tertiary alicyclic amines) is 1. The van der Waals surface area contributed by atoms with Crippen LogP contribution in [0.3, 0.4) is 0 Å². The average molecular weight is 378 g/mol. The molecule has 6 nitrogen and oxygen atoms in total. The number of carbonyl (C=O) groups excluding carboxylic acids is 2. The minimum atomic E-state index is -3.51. The van der Waals surface area contributed by atoms with Gasteiger partial charge in [0.2, 0.25) is 11.8 Å². The monoisotopic (exact) mass is 378 g/mol. The van der Waals surface area contributed by atoms with E-state index in [9.17, 15) is 18.0 Å². The van der Waals surface area contributed by atoms with E-state index in [1.807, 2.05) is 0 Å². The second-order valence-corrected chi connectivity index (χ2v) is 9.18. The van der Waals surface area contributed by atoms with Crippen molar-refractivity contribution in [1.29, 1.82) is 0 Å². The molecule has 0 spiro atoms. The third-order valence-electron chi connectivity index (χ3n) is 5.23. The van der Waals surface area contributed by atoms with Crippen LogP contribution < -0.4 is 4.90 Å². The number of nitrogens with zero attached hydrogens (tertiary/aromatic N) is 2. The molecule has 0 bridgehead atoms. The molecule has 1 saturated heterocycles. The highest BCUT2D eigenvalue weighted by Gasteiger charge is 2.26. The summed E-state index contributed by atoms with van der Waals surface area (Å²) in [4.78, 5) is 27.7. The van der Waals surface area contributed by atoms with E-state index >= 15 is 0 Å². The molecule has 1 aromatic rings. The fourth-order valence-corrected chi connectivity index (χ4v) is 4.99. The van der Waals surface area contributed by atoms with Crippen LogP contribution in [0.4, 0.5) is 5.69 Å². The number of rotatable bonds is 4. The van der Waals surface area contributed by atoms with E-state index in [2.05, 4.69) is 0 Å². The zero-order valence-electron chi connectivity index (χ0n) is 15.2. The lowest BCUT2D eigenvalue weighted by molar-refractivity contribution is -0.130. The van der Waals surface area contributed by atoms with Gasteiger partial charge in [-0.15, -0.1) is 0 Å². The van der Waals surface area contributed by atoms with Gasteiger partial charge in [0, 0.05) is 38.7 Å². The number of hydrogen-bond donors (Lipinski definition) is 0. The second-order valence-electron chi connectivity index (χ2n) is 7.08. The Kier molecular flexibility index (Phi) is 5.65. The van der Waals surface area contributed by atoms with Gasteiger partial charge < -0.3 is 9.80 Å². The van der Waals surface area contributed by atoms with Crippen molar-refractivity contribution in [2.45, 2.75) is 50.3 Å². The van der Waals surface area contributed by atoms with Crippen LogP contribution in [0.5, 0.6) is 0 Å². The largest absolute Gasteiger partial charge is 0.343 e. The SMILES string of the molecule is CC(=O)N1CCc2cc(S(=O)(=O)CCC(=O)N3CCCCCC3)ccc21. The van der Waals surface area contributed by atoms with Gasteiger partial charge in [0.1, 0.15) is 0 Å².